The summed E-state index contributed by atoms with van der Waals surface area (Å²) in [4.78, 5) is 4.53. The normalized spacial score (nSPS) is 15.7. The number of anilines is 1. The highest BCUT2D eigenvalue weighted by atomic mass is 16.5. The van der Waals surface area contributed by atoms with E-state index in [1.165, 1.54) is 0 Å². The summed E-state index contributed by atoms with van der Waals surface area (Å²) in [7, 11) is 2.10. The molecule has 0 spiro atoms. The molecule has 1 fully saturated rings. The number of aromatic nitrogens is 5. The van der Waals surface area contributed by atoms with Gasteiger partial charge in [0, 0.05) is 25.2 Å². The second kappa shape index (κ2) is 5.06. The topological polar surface area (TPSA) is 75.6 Å². The van der Waals surface area contributed by atoms with E-state index in [4.69, 9.17) is 4.52 Å². The smallest absolute Gasteiger partial charge is 0.178 e. The maximum absolute atomic E-state index is 5.15. The van der Waals surface area contributed by atoms with Crippen LogP contribution in [0, 0.1) is 6.92 Å². The molecule has 0 bridgehead atoms. The summed E-state index contributed by atoms with van der Waals surface area (Å²) in [5, 5.41) is 16.4. The molecule has 3 aromatic heterocycles. The molecule has 0 aromatic carbocycles. The highest BCUT2D eigenvalue weighted by Crippen LogP contribution is 2.22. The van der Waals surface area contributed by atoms with Gasteiger partial charge in [0.1, 0.15) is 5.82 Å². The summed E-state index contributed by atoms with van der Waals surface area (Å²) < 4.78 is 6.93. The van der Waals surface area contributed by atoms with Gasteiger partial charge in [0.2, 0.25) is 0 Å². The van der Waals surface area contributed by atoms with Crippen molar-refractivity contribution in [1.82, 2.24) is 29.9 Å². The van der Waals surface area contributed by atoms with Crippen LogP contribution in [0.4, 0.5) is 5.82 Å². The number of hydrogen-bond donors (Lipinski definition) is 0. The van der Waals surface area contributed by atoms with Crippen molar-refractivity contribution in [1.29, 1.82) is 0 Å². The molecule has 8 nitrogen and oxygen atoms in total. The van der Waals surface area contributed by atoms with Crippen LogP contribution in [-0.2, 0) is 6.54 Å². The van der Waals surface area contributed by atoms with Crippen LogP contribution in [0.5, 0.6) is 0 Å². The lowest BCUT2D eigenvalue weighted by Crippen LogP contribution is -2.58. The van der Waals surface area contributed by atoms with E-state index in [1.54, 1.807) is 10.7 Å². The Morgan fingerprint density at radius 2 is 2.14 bits per heavy atom. The van der Waals surface area contributed by atoms with Crippen molar-refractivity contribution in [2.75, 3.05) is 25.0 Å². The van der Waals surface area contributed by atoms with Gasteiger partial charge >= 0.3 is 0 Å². The molecule has 0 atom stereocenters. The minimum Gasteiger partial charge on any atom is -0.360 e. The van der Waals surface area contributed by atoms with Crippen molar-refractivity contribution in [3.05, 3.63) is 36.0 Å². The van der Waals surface area contributed by atoms with Crippen LogP contribution in [0.25, 0.3) is 5.65 Å². The summed E-state index contributed by atoms with van der Waals surface area (Å²) in [5.41, 5.74) is 0.778. The monoisotopic (exact) mass is 299 g/mol. The third kappa shape index (κ3) is 2.21. The SMILES string of the molecule is Cc1nnc2ccc(N3CC(N(C)Cc4ccno4)C3)nn12. The number of hydrogen-bond acceptors (Lipinski definition) is 7. The molecule has 0 saturated carbocycles. The summed E-state index contributed by atoms with van der Waals surface area (Å²) in [5.74, 6) is 2.65. The molecule has 0 amide bonds. The Kier molecular flexibility index (Phi) is 3.04. The summed E-state index contributed by atoms with van der Waals surface area (Å²) >= 11 is 0. The zero-order valence-corrected chi connectivity index (χ0v) is 12.5. The van der Waals surface area contributed by atoms with Crippen LogP contribution in [0.15, 0.2) is 28.9 Å². The first-order valence-corrected chi connectivity index (χ1v) is 7.24. The van der Waals surface area contributed by atoms with E-state index in [1.807, 2.05) is 25.1 Å². The minimum absolute atomic E-state index is 0.490. The largest absolute Gasteiger partial charge is 0.360 e. The third-order valence-electron chi connectivity index (χ3n) is 4.11. The Morgan fingerprint density at radius 3 is 2.91 bits per heavy atom. The van der Waals surface area contributed by atoms with E-state index in [9.17, 15) is 0 Å². The van der Waals surface area contributed by atoms with Crippen molar-refractivity contribution < 1.29 is 4.52 Å². The molecule has 1 saturated heterocycles. The summed E-state index contributed by atoms with van der Waals surface area (Å²) in [6.07, 6.45) is 1.68. The van der Waals surface area contributed by atoms with E-state index in [0.717, 1.165) is 42.7 Å². The van der Waals surface area contributed by atoms with Crippen LogP contribution in [0.1, 0.15) is 11.6 Å². The van der Waals surface area contributed by atoms with Crippen molar-refractivity contribution in [2.45, 2.75) is 19.5 Å². The predicted molar refractivity (Wildman–Crippen MR) is 79.5 cm³/mol. The van der Waals surface area contributed by atoms with Gasteiger partial charge in [-0.25, -0.2) is 0 Å². The molecule has 3 aromatic rings. The molecule has 1 aliphatic rings. The van der Waals surface area contributed by atoms with E-state index in [0.29, 0.717) is 6.04 Å². The highest BCUT2D eigenvalue weighted by Gasteiger charge is 2.31. The molecule has 0 unspecified atom stereocenters. The average Bonchev–Trinajstić information content (AvgIpc) is 3.08. The lowest BCUT2D eigenvalue weighted by atomic mass is 10.1. The Morgan fingerprint density at radius 1 is 1.27 bits per heavy atom. The molecule has 114 valence electrons. The second-order valence-electron chi connectivity index (χ2n) is 5.66. The van der Waals surface area contributed by atoms with Crippen LogP contribution >= 0.6 is 0 Å². The Balaban J connectivity index is 1.42. The first-order chi connectivity index (χ1) is 10.7. The van der Waals surface area contributed by atoms with Crippen LogP contribution in [0.3, 0.4) is 0 Å². The van der Waals surface area contributed by atoms with Gasteiger partial charge in [0.05, 0.1) is 12.7 Å². The molecular weight excluding hydrogens is 282 g/mol. The lowest BCUT2D eigenvalue weighted by molar-refractivity contribution is 0.177. The first-order valence-electron chi connectivity index (χ1n) is 7.24. The lowest BCUT2D eigenvalue weighted by Gasteiger charge is -2.44. The number of rotatable bonds is 4. The average molecular weight is 299 g/mol. The first kappa shape index (κ1) is 13.2. The molecule has 8 heteroatoms. The molecule has 0 N–H and O–H groups in total. The summed E-state index contributed by atoms with van der Waals surface area (Å²) in [6, 6.07) is 6.34. The molecule has 22 heavy (non-hydrogen) atoms. The molecule has 0 radical (unpaired) electrons. The van der Waals surface area contributed by atoms with Gasteiger partial charge < -0.3 is 9.42 Å². The van der Waals surface area contributed by atoms with E-state index < -0.39 is 0 Å². The van der Waals surface area contributed by atoms with Crippen LogP contribution in [0.2, 0.25) is 0 Å². The number of fused-ring (bicyclic) bond motifs is 1. The third-order valence-corrected chi connectivity index (χ3v) is 4.11. The van der Waals surface area contributed by atoms with Gasteiger partial charge in [-0.1, -0.05) is 5.16 Å². The number of likely N-dealkylation sites (N-methyl/N-ethyl adjacent to an activating group) is 1. The fraction of sp³-hybridized carbons (Fsp3) is 0.429. The minimum atomic E-state index is 0.490. The molecule has 0 aliphatic carbocycles. The maximum Gasteiger partial charge on any atom is 0.178 e. The van der Waals surface area contributed by atoms with Gasteiger partial charge in [-0.05, 0) is 26.1 Å². The zero-order chi connectivity index (χ0) is 15.1. The molecule has 4 heterocycles. The quantitative estimate of drug-likeness (QED) is 0.703. The molecule has 4 rings (SSSR count). The van der Waals surface area contributed by atoms with E-state index in [2.05, 4.69) is 37.3 Å². The molecular formula is C14H17N7O. The fourth-order valence-electron chi connectivity index (χ4n) is 2.67. The van der Waals surface area contributed by atoms with Crippen LogP contribution < -0.4 is 4.90 Å². The zero-order valence-electron chi connectivity index (χ0n) is 12.5. The van der Waals surface area contributed by atoms with E-state index in [-0.39, 0.29) is 0 Å². The van der Waals surface area contributed by atoms with Crippen molar-refractivity contribution in [2.24, 2.45) is 0 Å². The molecule has 1 aliphatic heterocycles. The van der Waals surface area contributed by atoms with Gasteiger partial charge in [-0.15, -0.1) is 15.3 Å². The van der Waals surface area contributed by atoms with Gasteiger partial charge in [0.15, 0.2) is 17.2 Å². The van der Waals surface area contributed by atoms with Gasteiger partial charge in [0.25, 0.3) is 0 Å². The second-order valence-corrected chi connectivity index (χ2v) is 5.66. The number of aryl methyl sites for hydroxylation is 1. The van der Waals surface area contributed by atoms with Gasteiger partial charge in [-0.3, -0.25) is 4.90 Å². The number of nitrogens with zero attached hydrogens (tertiary/aromatic N) is 7. The summed E-state index contributed by atoms with van der Waals surface area (Å²) in [6.45, 7) is 4.57. The van der Waals surface area contributed by atoms with E-state index >= 15 is 0 Å². The maximum atomic E-state index is 5.15. The van der Waals surface area contributed by atoms with Gasteiger partial charge in [-0.2, -0.15) is 4.52 Å². The Labute approximate surface area is 127 Å². The predicted octanol–water partition coefficient (Wildman–Crippen LogP) is 0.741. The Hall–Kier alpha value is -2.48. The fourth-order valence-corrected chi connectivity index (χ4v) is 2.67. The van der Waals surface area contributed by atoms with Crippen molar-refractivity contribution in [3.8, 4) is 0 Å². The van der Waals surface area contributed by atoms with Crippen molar-refractivity contribution in [3.63, 3.8) is 0 Å². The standard InChI is InChI=1S/C14H17N7O/c1-10-16-17-13-3-4-14(18-21(10)13)20-7-11(8-20)19(2)9-12-5-6-15-22-12/h3-6,11H,7-9H2,1-2H3. The Bertz CT molecular complexity index is 776. The van der Waals surface area contributed by atoms with Crippen molar-refractivity contribution >= 4 is 11.5 Å². The highest BCUT2D eigenvalue weighted by molar-refractivity contribution is 5.47. The van der Waals surface area contributed by atoms with Crippen LogP contribution in [-0.4, -0.2) is 56.0 Å².